The molecule has 6 nitrogen and oxygen atoms in total. The number of sulfonamides is 1. The summed E-state index contributed by atoms with van der Waals surface area (Å²) in [4.78, 5) is 24.5. The molecule has 0 saturated carbocycles. The molecular weight excluding hydrogens is 473 g/mol. The molecule has 0 bridgehead atoms. The SMILES string of the molecule is CCCC(=O)Oc1c(Cl)cc(N(C(=O)CCC)S(=O)(=O)c2ccccc2)c(Cl)c1Cl. The zero-order valence-corrected chi connectivity index (χ0v) is 19.4. The van der Waals surface area contributed by atoms with Crippen LogP contribution in [0.1, 0.15) is 39.5 Å². The monoisotopic (exact) mass is 491 g/mol. The third-order valence-electron chi connectivity index (χ3n) is 3.96. The van der Waals surface area contributed by atoms with Crippen LogP contribution in [0.15, 0.2) is 41.3 Å². The summed E-state index contributed by atoms with van der Waals surface area (Å²) in [7, 11) is -4.30. The number of hydrogen-bond donors (Lipinski definition) is 0. The van der Waals surface area contributed by atoms with E-state index in [0.717, 1.165) is 6.07 Å². The number of benzene rings is 2. The molecule has 0 spiro atoms. The molecule has 162 valence electrons. The first-order valence-corrected chi connectivity index (χ1v) is 11.7. The topological polar surface area (TPSA) is 80.8 Å². The van der Waals surface area contributed by atoms with Gasteiger partial charge in [0.25, 0.3) is 10.0 Å². The average molecular weight is 493 g/mol. The predicted octanol–water partition coefficient (Wildman–Crippen LogP) is 5.87. The number of amides is 1. The third kappa shape index (κ3) is 5.27. The molecule has 0 heterocycles. The van der Waals surface area contributed by atoms with Crippen LogP contribution in [0, 0.1) is 0 Å². The quantitative estimate of drug-likeness (QED) is 0.261. The Balaban J connectivity index is 2.65. The first-order valence-electron chi connectivity index (χ1n) is 9.16. The van der Waals surface area contributed by atoms with E-state index in [-0.39, 0.29) is 44.2 Å². The summed E-state index contributed by atoms with van der Waals surface area (Å²) in [5.41, 5.74) is -0.218. The maximum atomic E-state index is 13.2. The minimum atomic E-state index is -4.30. The highest BCUT2D eigenvalue weighted by atomic mass is 35.5. The summed E-state index contributed by atoms with van der Waals surface area (Å²) in [5, 5.41) is -0.688. The second-order valence-corrected chi connectivity index (χ2v) is 9.23. The van der Waals surface area contributed by atoms with E-state index in [1.165, 1.54) is 24.3 Å². The van der Waals surface area contributed by atoms with Crippen LogP contribution in [0.3, 0.4) is 0 Å². The van der Waals surface area contributed by atoms with Gasteiger partial charge < -0.3 is 4.74 Å². The second-order valence-electron chi connectivity index (χ2n) is 6.28. The molecule has 2 aromatic carbocycles. The van der Waals surface area contributed by atoms with Crippen molar-refractivity contribution in [3.05, 3.63) is 51.5 Å². The Morgan fingerprint density at radius 3 is 2.13 bits per heavy atom. The smallest absolute Gasteiger partial charge is 0.311 e. The molecule has 0 aliphatic rings. The Bertz CT molecular complexity index is 1040. The Kier molecular flexibility index (Phi) is 8.55. The average Bonchev–Trinajstić information content (AvgIpc) is 2.70. The van der Waals surface area contributed by atoms with E-state index in [1.807, 2.05) is 0 Å². The minimum absolute atomic E-state index is 0.0507. The number of ether oxygens (including phenoxy) is 1. The number of anilines is 1. The van der Waals surface area contributed by atoms with E-state index in [9.17, 15) is 18.0 Å². The van der Waals surface area contributed by atoms with Gasteiger partial charge in [-0.05, 0) is 31.0 Å². The number of rotatable bonds is 8. The van der Waals surface area contributed by atoms with Gasteiger partial charge in [0.2, 0.25) is 5.91 Å². The van der Waals surface area contributed by atoms with Crippen LogP contribution in [0.5, 0.6) is 5.75 Å². The van der Waals surface area contributed by atoms with Crippen LogP contribution < -0.4 is 9.04 Å². The Morgan fingerprint density at radius 1 is 0.967 bits per heavy atom. The molecule has 0 N–H and O–H groups in total. The molecule has 2 aromatic rings. The highest BCUT2D eigenvalue weighted by Crippen LogP contribution is 2.46. The van der Waals surface area contributed by atoms with Gasteiger partial charge in [-0.15, -0.1) is 0 Å². The van der Waals surface area contributed by atoms with Gasteiger partial charge >= 0.3 is 5.97 Å². The molecule has 2 rings (SSSR count). The maximum absolute atomic E-state index is 13.2. The van der Waals surface area contributed by atoms with Crippen molar-refractivity contribution in [3.8, 4) is 5.75 Å². The van der Waals surface area contributed by atoms with E-state index in [2.05, 4.69) is 0 Å². The van der Waals surface area contributed by atoms with Gasteiger partial charge in [-0.1, -0.05) is 66.8 Å². The normalized spacial score (nSPS) is 11.2. The first-order chi connectivity index (χ1) is 14.1. The number of carbonyl (C=O) groups excluding carboxylic acids is 2. The van der Waals surface area contributed by atoms with E-state index in [4.69, 9.17) is 39.5 Å². The van der Waals surface area contributed by atoms with Crippen LogP contribution >= 0.6 is 34.8 Å². The minimum Gasteiger partial charge on any atom is -0.423 e. The molecule has 0 aliphatic heterocycles. The third-order valence-corrected chi connectivity index (χ3v) is 6.83. The van der Waals surface area contributed by atoms with Gasteiger partial charge in [-0.3, -0.25) is 9.59 Å². The van der Waals surface area contributed by atoms with Crippen molar-refractivity contribution in [1.29, 1.82) is 0 Å². The molecule has 0 radical (unpaired) electrons. The molecular formula is C20H20Cl3NO5S. The van der Waals surface area contributed by atoms with Crippen molar-refractivity contribution in [2.24, 2.45) is 0 Å². The van der Waals surface area contributed by atoms with E-state index in [1.54, 1.807) is 19.9 Å². The van der Waals surface area contributed by atoms with Crippen molar-refractivity contribution < 1.29 is 22.7 Å². The fourth-order valence-electron chi connectivity index (χ4n) is 2.59. The van der Waals surface area contributed by atoms with Gasteiger partial charge in [0, 0.05) is 12.8 Å². The van der Waals surface area contributed by atoms with Crippen LogP contribution in [0.4, 0.5) is 5.69 Å². The van der Waals surface area contributed by atoms with Crippen LogP contribution in [-0.4, -0.2) is 20.3 Å². The molecule has 0 atom stereocenters. The summed E-state index contributed by atoms with van der Waals surface area (Å²) in [5.74, 6) is -1.46. The molecule has 0 fully saturated rings. The molecule has 30 heavy (non-hydrogen) atoms. The van der Waals surface area contributed by atoms with Crippen LogP contribution in [0.2, 0.25) is 15.1 Å². The number of carbonyl (C=O) groups is 2. The zero-order chi connectivity index (χ0) is 22.5. The molecule has 0 aliphatic carbocycles. The van der Waals surface area contributed by atoms with Gasteiger partial charge in [0.1, 0.15) is 5.02 Å². The van der Waals surface area contributed by atoms with Crippen LogP contribution in [0.25, 0.3) is 0 Å². The lowest BCUT2D eigenvalue weighted by Crippen LogP contribution is -2.37. The fraction of sp³-hybridized carbons (Fsp3) is 0.300. The second kappa shape index (κ2) is 10.5. The molecule has 10 heteroatoms. The largest absolute Gasteiger partial charge is 0.423 e. The van der Waals surface area contributed by atoms with Crippen LogP contribution in [-0.2, 0) is 19.6 Å². The number of nitrogens with zero attached hydrogens (tertiary/aromatic N) is 1. The van der Waals surface area contributed by atoms with Crippen molar-refractivity contribution in [1.82, 2.24) is 0 Å². The van der Waals surface area contributed by atoms with Crippen molar-refractivity contribution in [2.45, 2.75) is 44.4 Å². The highest BCUT2D eigenvalue weighted by molar-refractivity contribution is 7.93. The van der Waals surface area contributed by atoms with Gasteiger partial charge in [-0.25, -0.2) is 12.7 Å². The van der Waals surface area contributed by atoms with E-state index < -0.39 is 21.9 Å². The standard InChI is InChI=1S/C20H20Cl3NO5S/c1-3-8-16(25)24(30(27,28)13-10-6-5-7-11-13)15-12-14(21)20(19(23)18(15)22)29-17(26)9-4-2/h5-7,10-12H,3-4,8-9H2,1-2H3. The predicted molar refractivity (Wildman–Crippen MR) is 118 cm³/mol. The zero-order valence-electron chi connectivity index (χ0n) is 16.3. The summed E-state index contributed by atoms with van der Waals surface area (Å²) >= 11 is 18.8. The van der Waals surface area contributed by atoms with Crippen molar-refractivity contribution in [2.75, 3.05) is 4.31 Å². The van der Waals surface area contributed by atoms with Gasteiger partial charge in [-0.2, -0.15) is 0 Å². The van der Waals surface area contributed by atoms with Crippen molar-refractivity contribution >= 4 is 62.4 Å². The Morgan fingerprint density at radius 2 is 1.57 bits per heavy atom. The summed E-state index contributed by atoms with van der Waals surface area (Å²) < 4.78 is 32.3. The number of hydrogen-bond acceptors (Lipinski definition) is 5. The summed E-state index contributed by atoms with van der Waals surface area (Å²) in [6.45, 7) is 3.54. The highest BCUT2D eigenvalue weighted by Gasteiger charge is 2.34. The van der Waals surface area contributed by atoms with E-state index in [0.29, 0.717) is 17.1 Å². The van der Waals surface area contributed by atoms with Gasteiger partial charge in [0.15, 0.2) is 5.75 Å². The number of esters is 1. The Hall–Kier alpha value is -1.80. The lowest BCUT2D eigenvalue weighted by molar-refractivity contribution is -0.134. The maximum Gasteiger partial charge on any atom is 0.311 e. The van der Waals surface area contributed by atoms with Crippen molar-refractivity contribution in [3.63, 3.8) is 0 Å². The molecule has 0 unspecified atom stereocenters. The lowest BCUT2D eigenvalue weighted by Gasteiger charge is -2.25. The number of halogens is 3. The molecule has 0 saturated heterocycles. The Labute approximate surface area is 190 Å². The summed E-state index contributed by atoms with van der Waals surface area (Å²) in [6.07, 6.45) is 1.04. The first kappa shape index (κ1) is 24.5. The fourth-order valence-corrected chi connectivity index (χ4v) is 4.86. The summed E-state index contributed by atoms with van der Waals surface area (Å²) in [6, 6.07) is 8.59. The molecule has 1 amide bonds. The molecule has 0 aromatic heterocycles. The lowest BCUT2D eigenvalue weighted by atomic mass is 10.2. The van der Waals surface area contributed by atoms with Gasteiger partial charge in [0.05, 0.1) is 20.6 Å². The van der Waals surface area contributed by atoms with E-state index >= 15 is 0 Å².